The number of nitro benzene ring substituents is 1. The van der Waals surface area contributed by atoms with Crippen LogP contribution in [0.5, 0.6) is 0 Å². The summed E-state index contributed by atoms with van der Waals surface area (Å²) < 4.78 is 37.7. The van der Waals surface area contributed by atoms with Gasteiger partial charge in [0.2, 0.25) is 5.91 Å². The number of rotatable bonds is 6. The number of hydrogen-bond acceptors (Lipinski definition) is 5. The van der Waals surface area contributed by atoms with Gasteiger partial charge >= 0.3 is 0 Å². The highest BCUT2D eigenvalue weighted by atomic mass is 32.2. The Balaban J connectivity index is 2.08. The molecule has 0 aliphatic heterocycles. The lowest BCUT2D eigenvalue weighted by Crippen LogP contribution is -2.37. The van der Waals surface area contributed by atoms with Gasteiger partial charge in [-0.2, -0.15) is 0 Å². The zero-order chi connectivity index (χ0) is 18.6. The predicted molar refractivity (Wildman–Crippen MR) is 88.0 cm³/mol. The number of nitrogens with zero attached hydrogens (tertiary/aromatic N) is 1. The average Bonchev–Trinajstić information content (AvgIpc) is 2.60. The van der Waals surface area contributed by atoms with Crippen LogP contribution in [0.4, 0.5) is 10.1 Å². The third-order valence-corrected chi connectivity index (χ3v) is 5.66. The second-order valence-corrected chi connectivity index (χ2v) is 7.55. The lowest BCUT2D eigenvalue weighted by atomic mass is 10.2. The second kappa shape index (κ2) is 7.39. The predicted octanol–water partition coefficient (Wildman–Crippen LogP) is 2.21. The minimum atomic E-state index is -3.99. The fourth-order valence-corrected chi connectivity index (χ4v) is 3.33. The summed E-state index contributed by atoms with van der Waals surface area (Å²) in [6.45, 7) is 1.29. The molecule has 2 aromatic rings. The van der Waals surface area contributed by atoms with Gasteiger partial charge in [0.15, 0.2) is 9.84 Å². The van der Waals surface area contributed by atoms with Gasteiger partial charge in [-0.15, -0.1) is 0 Å². The molecule has 0 heterocycles. The van der Waals surface area contributed by atoms with E-state index in [4.69, 9.17) is 0 Å². The van der Waals surface area contributed by atoms with Gasteiger partial charge in [0.05, 0.1) is 9.82 Å². The summed E-state index contributed by atoms with van der Waals surface area (Å²) in [5, 5.41) is 11.7. The standard InChI is InChI=1S/C16H15FN2O5S/c1-11(16(20)18-10-12-2-4-13(17)5-3-12)25(23,24)15-8-6-14(7-9-15)19(21)22/h2-9,11H,10H2,1H3,(H,18,20). The minimum Gasteiger partial charge on any atom is -0.351 e. The van der Waals surface area contributed by atoms with E-state index in [9.17, 15) is 27.7 Å². The van der Waals surface area contributed by atoms with Gasteiger partial charge in [0.25, 0.3) is 5.69 Å². The topological polar surface area (TPSA) is 106 Å². The molecule has 1 amide bonds. The highest BCUT2D eigenvalue weighted by Crippen LogP contribution is 2.20. The van der Waals surface area contributed by atoms with Gasteiger partial charge < -0.3 is 5.32 Å². The van der Waals surface area contributed by atoms with E-state index in [0.717, 1.165) is 24.3 Å². The molecule has 0 saturated heterocycles. The van der Waals surface area contributed by atoms with Crippen molar-refractivity contribution >= 4 is 21.4 Å². The Bertz CT molecular complexity index is 880. The molecule has 9 heteroatoms. The maximum atomic E-state index is 12.8. The van der Waals surface area contributed by atoms with Crippen molar-refractivity contribution in [3.05, 3.63) is 70.0 Å². The van der Waals surface area contributed by atoms with Crippen molar-refractivity contribution in [1.82, 2.24) is 5.32 Å². The molecule has 2 rings (SSSR count). The van der Waals surface area contributed by atoms with Crippen LogP contribution >= 0.6 is 0 Å². The van der Waals surface area contributed by atoms with Crippen LogP contribution in [-0.4, -0.2) is 24.5 Å². The van der Waals surface area contributed by atoms with Crippen molar-refractivity contribution in [3.8, 4) is 0 Å². The zero-order valence-electron chi connectivity index (χ0n) is 13.2. The number of carbonyl (C=O) groups is 1. The van der Waals surface area contributed by atoms with Gasteiger partial charge in [-0.25, -0.2) is 12.8 Å². The van der Waals surface area contributed by atoms with Crippen LogP contribution in [0.3, 0.4) is 0 Å². The molecule has 7 nitrogen and oxygen atoms in total. The molecule has 0 saturated carbocycles. The quantitative estimate of drug-likeness (QED) is 0.623. The molecule has 0 aliphatic carbocycles. The first-order valence-electron chi connectivity index (χ1n) is 7.22. The molecule has 0 spiro atoms. The van der Waals surface area contributed by atoms with Crippen LogP contribution < -0.4 is 5.32 Å². The zero-order valence-corrected chi connectivity index (χ0v) is 14.0. The second-order valence-electron chi connectivity index (χ2n) is 5.28. The Morgan fingerprint density at radius 1 is 1.16 bits per heavy atom. The Labute approximate surface area is 143 Å². The molecule has 0 aromatic heterocycles. The number of halogens is 1. The van der Waals surface area contributed by atoms with Crippen LogP contribution in [0.25, 0.3) is 0 Å². The summed E-state index contributed by atoms with van der Waals surface area (Å²) in [5.41, 5.74) is 0.377. The molecular formula is C16H15FN2O5S. The van der Waals surface area contributed by atoms with Gasteiger partial charge in [-0.3, -0.25) is 14.9 Å². The highest BCUT2D eigenvalue weighted by molar-refractivity contribution is 7.92. The molecule has 0 bridgehead atoms. The van der Waals surface area contributed by atoms with Crippen molar-refractivity contribution in [2.45, 2.75) is 23.6 Å². The van der Waals surface area contributed by atoms with Gasteiger partial charge in [0.1, 0.15) is 11.1 Å². The van der Waals surface area contributed by atoms with Crippen molar-refractivity contribution in [1.29, 1.82) is 0 Å². The van der Waals surface area contributed by atoms with E-state index in [-0.39, 0.29) is 17.1 Å². The highest BCUT2D eigenvalue weighted by Gasteiger charge is 2.29. The third-order valence-electron chi connectivity index (χ3n) is 3.59. The third kappa shape index (κ3) is 4.38. The summed E-state index contributed by atoms with van der Waals surface area (Å²) >= 11 is 0. The Morgan fingerprint density at radius 2 is 1.72 bits per heavy atom. The normalized spacial score (nSPS) is 12.4. The molecule has 132 valence electrons. The number of benzene rings is 2. The Kier molecular flexibility index (Phi) is 5.48. The van der Waals surface area contributed by atoms with Crippen LogP contribution in [0, 0.1) is 15.9 Å². The fourth-order valence-electron chi connectivity index (χ4n) is 2.04. The first-order valence-corrected chi connectivity index (χ1v) is 8.77. The van der Waals surface area contributed by atoms with Crippen molar-refractivity contribution in [3.63, 3.8) is 0 Å². The fraction of sp³-hybridized carbons (Fsp3) is 0.188. The number of hydrogen-bond donors (Lipinski definition) is 1. The molecule has 1 unspecified atom stereocenters. The molecule has 0 fully saturated rings. The summed E-state index contributed by atoms with van der Waals surface area (Å²) in [7, 11) is -3.99. The van der Waals surface area contributed by atoms with Gasteiger partial charge in [-0.05, 0) is 36.8 Å². The molecule has 1 atom stereocenters. The lowest BCUT2D eigenvalue weighted by Gasteiger charge is -2.13. The molecule has 25 heavy (non-hydrogen) atoms. The van der Waals surface area contributed by atoms with E-state index in [0.29, 0.717) is 5.56 Å². The first-order chi connectivity index (χ1) is 11.7. The van der Waals surface area contributed by atoms with Gasteiger partial charge in [0, 0.05) is 18.7 Å². The number of nitro groups is 1. The van der Waals surface area contributed by atoms with Crippen LogP contribution in [-0.2, 0) is 21.2 Å². The van der Waals surface area contributed by atoms with Gasteiger partial charge in [-0.1, -0.05) is 12.1 Å². The molecule has 0 aliphatic rings. The smallest absolute Gasteiger partial charge is 0.269 e. The van der Waals surface area contributed by atoms with Crippen LogP contribution in [0.1, 0.15) is 12.5 Å². The van der Waals surface area contributed by atoms with Crippen LogP contribution in [0.15, 0.2) is 53.4 Å². The van der Waals surface area contributed by atoms with Crippen molar-refractivity contribution < 1.29 is 22.5 Å². The molecule has 1 N–H and O–H groups in total. The number of carbonyl (C=O) groups excluding carboxylic acids is 1. The number of amides is 1. The summed E-state index contributed by atoms with van der Waals surface area (Å²) in [6.07, 6.45) is 0. The van der Waals surface area contributed by atoms with E-state index in [1.807, 2.05) is 0 Å². The minimum absolute atomic E-state index is 0.0548. The summed E-state index contributed by atoms with van der Waals surface area (Å²) in [6, 6.07) is 9.74. The van der Waals surface area contributed by atoms with E-state index >= 15 is 0 Å². The number of non-ortho nitro benzene ring substituents is 1. The Hall–Kier alpha value is -2.81. The maximum absolute atomic E-state index is 12.8. The van der Waals surface area contributed by atoms with Crippen molar-refractivity contribution in [2.24, 2.45) is 0 Å². The molecular weight excluding hydrogens is 351 g/mol. The van der Waals surface area contributed by atoms with E-state index < -0.39 is 31.7 Å². The van der Waals surface area contributed by atoms with E-state index in [1.54, 1.807) is 0 Å². The summed E-state index contributed by atoms with van der Waals surface area (Å²) in [4.78, 5) is 21.9. The average molecular weight is 366 g/mol. The SMILES string of the molecule is CC(C(=O)NCc1ccc(F)cc1)S(=O)(=O)c1ccc([N+](=O)[O-])cc1. The molecule has 2 aromatic carbocycles. The van der Waals surface area contributed by atoms with Crippen molar-refractivity contribution in [2.75, 3.05) is 0 Å². The largest absolute Gasteiger partial charge is 0.351 e. The first kappa shape index (κ1) is 18.5. The van der Waals surface area contributed by atoms with E-state index in [2.05, 4.69) is 5.32 Å². The monoisotopic (exact) mass is 366 g/mol. The number of nitrogens with one attached hydrogen (secondary N) is 1. The lowest BCUT2D eigenvalue weighted by molar-refractivity contribution is -0.384. The Morgan fingerprint density at radius 3 is 2.24 bits per heavy atom. The number of sulfone groups is 1. The van der Waals surface area contributed by atoms with Crippen LogP contribution in [0.2, 0.25) is 0 Å². The maximum Gasteiger partial charge on any atom is 0.269 e. The summed E-state index contributed by atoms with van der Waals surface area (Å²) in [5.74, 6) is -1.13. The van der Waals surface area contributed by atoms with E-state index in [1.165, 1.54) is 31.2 Å². The molecule has 0 radical (unpaired) electrons.